The Labute approximate surface area is 149 Å². The van der Waals surface area contributed by atoms with Crippen molar-refractivity contribution in [3.8, 4) is 6.07 Å². The number of nitriles is 1. The molecule has 2 aliphatic rings. The zero-order chi connectivity index (χ0) is 18.4. The fraction of sp³-hybridized carbons (Fsp3) is 0.571. The number of ketones is 1. The minimum Gasteiger partial charge on any atom is -0.324 e. The number of Topliss-reactive ketones (excluding diaryl/α,β-unsaturated/α-hetero) is 1. The molecule has 2 unspecified atom stereocenters. The molecule has 5 atom stereocenters. The molecular weight excluding hydrogens is 312 g/mol. The summed E-state index contributed by atoms with van der Waals surface area (Å²) in [6, 6.07) is 9.57. The fourth-order valence-corrected chi connectivity index (χ4v) is 4.61. The SMILES string of the molecule is CCCC1C(=O)C2C[C@](C)(C#N)[C@H](c3ccc(C)cc3)N2C(=O)[C@H]1C. The molecule has 2 saturated heterocycles. The quantitative estimate of drug-likeness (QED) is 0.842. The van der Waals surface area contributed by atoms with Crippen molar-refractivity contribution >= 4 is 11.7 Å². The van der Waals surface area contributed by atoms with Crippen LogP contribution >= 0.6 is 0 Å². The number of piperidine rings is 1. The Morgan fingerprint density at radius 3 is 2.48 bits per heavy atom. The van der Waals surface area contributed by atoms with Gasteiger partial charge in [-0.1, -0.05) is 50.1 Å². The number of amides is 1. The van der Waals surface area contributed by atoms with Crippen LogP contribution in [0.4, 0.5) is 0 Å². The number of carbonyl (C=O) groups excluding carboxylic acids is 2. The lowest BCUT2D eigenvalue weighted by Crippen LogP contribution is -2.54. The van der Waals surface area contributed by atoms with Crippen LogP contribution in [-0.2, 0) is 9.59 Å². The molecule has 4 nitrogen and oxygen atoms in total. The molecule has 3 rings (SSSR count). The minimum absolute atomic E-state index is 0.0209. The van der Waals surface area contributed by atoms with E-state index >= 15 is 0 Å². The first-order chi connectivity index (χ1) is 11.8. The van der Waals surface area contributed by atoms with Crippen LogP contribution in [0.3, 0.4) is 0 Å². The van der Waals surface area contributed by atoms with E-state index in [2.05, 4.69) is 6.07 Å². The van der Waals surface area contributed by atoms with Crippen molar-refractivity contribution in [2.24, 2.45) is 17.3 Å². The topological polar surface area (TPSA) is 61.2 Å². The van der Waals surface area contributed by atoms with Crippen LogP contribution < -0.4 is 0 Å². The molecule has 0 saturated carbocycles. The summed E-state index contributed by atoms with van der Waals surface area (Å²) in [4.78, 5) is 28.0. The van der Waals surface area contributed by atoms with E-state index < -0.39 is 11.5 Å². The van der Waals surface area contributed by atoms with E-state index in [4.69, 9.17) is 0 Å². The summed E-state index contributed by atoms with van der Waals surface area (Å²) in [6.45, 7) is 7.80. The molecule has 0 spiro atoms. The molecule has 0 radical (unpaired) electrons. The number of nitrogens with zero attached hydrogens (tertiary/aromatic N) is 2. The Morgan fingerprint density at radius 1 is 1.28 bits per heavy atom. The predicted molar refractivity (Wildman–Crippen MR) is 95.5 cm³/mol. The second-order valence-corrected chi connectivity index (χ2v) is 7.89. The van der Waals surface area contributed by atoms with Gasteiger partial charge in [-0.3, -0.25) is 9.59 Å². The lowest BCUT2D eigenvalue weighted by atomic mass is 9.77. The van der Waals surface area contributed by atoms with Gasteiger partial charge in [0, 0.05) is 11.8 Å². The van der Waals surface area contributed by atoms with Crippen molar-refractivity contribution in [2.45, 2.75) is 59.0 Å². The van der Waals surface area contributed by atoms with Crippen LogP contribution in [0.5, 0.6) is 0 Å². The zero-order valence-corrected chi connectivity index (χ0v) is 15.5. The highest BCUT2D eigenvalue weighted by Gasteiger charge is 2.59. The molecule has 1 aromatic carbocycles. The number of aryl methyl sites for hydroxylation is 1. The van der Waals surface area contributed by atoms with Crippen LogP contribution in [0.1, 0.15) is 57.2 Å². The minimum atomic E-state index is -0.744. The van der Waals surface area contributed by atoms with Crippen LogP contribution in [0.2, 0.25) is 0 Å². The molecule has 1 aromatic rings. The molecule has 2 heterocycles. The molecule has 2 aliphatic heterocycles. The smallest absolute Gasteiger partial charge is 0.227 e. The molecule has 25 heavy (non-hydrogen) atoms. The number of benzene rings is 1. The van der Waals surface area contributed by atoms with Gasteiger partial charge in [-0.05, 0) is 32.3 Å². The van der Waals surface area contributed by atoms with Gasteiger partial charge in [-0.25, -0.2) is 0 Å². The van der Waals surface area contributed by atoms with Crippen LogP contribution in [-0.4, -0.2) is 22.6 Å². The third kappa shape index (κ3) is 2.66. The second-order valence-electron chi connectivity index (χ2n) is 7.89. The lowest BCUT2D eigenvalue weighted by molar-refractivity contribution is -0.154. The lowest BCUT2D eigenvalue weighted by Gasteiger charge is -2.41. The van der Waals surface area contributed by atoms with E-state index in [1.807, 2.05) is 52.0 Å². The van der Waals surface area contributed by atoms with Crippen LogP contribution in [0, 0.1) is 35.5 Å². The van der Waals surface area contributed by atoms with Crippen LogP contribution in [0.25, 0.3) is 0 Å². The highest BCUT2D eigenvalue weighted by molar-refractivity contribution is 5.99. The highest BCUT2D eigenvalue weighted by Crippen LogP contribution is 2.53. The summed E-state index contributed by atoms with van der Waals surface area (Å²) in [6.07, 6.45) is 2.06. The average Bonchev–Trinajstić information content (AvgIpc) is 2.92. The number of fused-ring (bicyclic) bond motifs is 1. The zero-order valence-electron chi connectivity index (χ0n) is 15.5. The van der Waals surface area contributed by atoms with E-state index in [-0.39, 0.29) is 29.6 Å². The summed E-state index contributed by atoms with van der Waals surface area (Å²) in [7, 11) is 0. The summed E-state index contributed by atoms with van der Waals surface area (Å²) in [5, 5.41) is 9.87. The molecule has 0 aromatic heterocycles. The van der Waals surface area contributed by atoms with Crippen molar-refractivity contribution in [3.05, 3.63) is 35.4 Å². The van der Waals surface area contributed by atoms with Gasteiger partial charge in [-0.15, -0.1) is 0 Å². The molecule has 4 heteroatoms. The van der Waals surface area contributed by atoms with E-state index in [1.54, 1.807) is 4.90 Å². The number of rotatable bonds is 3. The van der Waals surface area contributed by atoms with E-state index in [0.29, 0.717) is 6.42 Å². The number of hydrogen-bond acceptors (Lipinski definition) is 3. The van der Waals surface area contributed by atoms with Gasteiger partial charge in [0.1, 0.15) is 0 Å². The van der Waals surface area contributed by atoms with E-state index in [9.17, 15) is 14.9 Å². The Hall–Kier alpha value is -2.15. The van der Waals surface area contributed by atoms with Crippen LogP contribution in [0.15, 0.2) is 24.3 Å². The maximum atomic E-state index is 13.2. The molecule has 0 aliphatic carbocycles. The number of carbonyl (C=O) groups is 2. The first kappa shape index (κ1) is 17.7. The first-order valence-corrected chi connectivity index (χ1v) is 9.17. The first-order valence-electron chi connectivity index (χ1n) is 9.17. The molecule has 132 valence electrons. The maximum Gasteiger partial charge on any atom is 0.227 e. The Kier molecular flexibility index (Phi) is 4.45. The normalized spacial score (nSPS) is 34.8. The summed E-state index contributed by atoms with van der Waals surface area (Å²) in [5.74, 6) is -0.353. The summed E-state index contributed by atoms with van der Waals surface area (Å²) in [5.41, 5.74) is 1.33. The third-order valence-electron chi connectivity index (χ3n) is 6.02. The maximum absolute atomic E-state index is 13.2. The highest BCUT2D eigenvalue weighted by atomic mass is 16.2. The number of hydrogen-bond donors (Lipinski definition) is 0. The van der Waals surface area contributed by atoms with Crippen molar-refractivity contribution in [3.63, 3.8) is 0 Å². The van der Waals surface area contributed by atoms with Gasteiger partial charge < -0.3 is 4.90 Å². The molecule has 2 fully saturated rings. The second kappa shape index (κ2) is 6.29. The van der Waals surface area contributed by atoms with Crippen molar-refractivity contribution in [1.82, 2.24) is 4.90 Å². The fourth-order valence-electron chi connectivity index (χ4n) is 4.61. The van der Waals surface area contributed by atoms with Gasteiger partial charge in [0.05, 0.1) is 23.6 Å². The largest absolute Gasteiger partial charge is 0.324 e. The molecule has 0 bridgehead atoms. The third-order valence-corrected chi connectivity index (χ3v) is 6.02. The molecular formula is C21H26N2O2. The van der Waals surface area contributed by atoms with Crippen molar-refractivity contribution in [1.29, 1.82) is 5.26 Å². The summed E-state index contributed by atoms with van der Waals surface area (Å²) >= 11 is 0. The van der Waals surface area contributed by atoms with Gasteiger partial charge >= 0.3 is 0 Å². The van der Waals surface area contributed by atoms with Gasteiger partial charge in [-0.2, -0.15) is 5.26 Å². The Morgan fingerprint density at radius 2 is 1.92 bits per heavy atom. The summed E-state index contributed by atoms with van der Waals surface area (Å²) < 4.78 is 0. The Bertz CT molecular complexity index is 733. The Balaban J connectivity index is 2.07. The average molecular weight is 338 g/mol. The monoisotopic (exact) mass is 338 g/mol. The van der Waals surface area contributed by atoms with Gasteiger partial charge in [0.15, 0.2) is 5.78 Å². The molecule has 1 amide bonds. The molecule has 0 N–H and O–H groups in total. The van der Waals surface area contributed by atoms with E-state index in [0.717, 1.165) is 24.0 Å². The standard InChI is InChI=1S/C21H26N2O2/c1-5-6-16-14(3)20(25)23-17(18(16)24)11-21(4,12-22)19(23)15-9-7-13(2)8-10-15/h7-10,14,16-17,19H,5-6,11H2,1-4H3/t14-,16?,17?,19-,21+/m0/s1. The van der Waals surface area contributed by atoms with Crippen molar-refractivity contribution in [2.75, 3.05) is 0 Å². The van der Waals surface area contributed by atoms with Gasteiger partial charge in [0.2, 0.25) is 5.91 Å². The van der Waals surface area contributed by atoms with Crippen molar-refractivity contribution < 1.29 is 9.59 Å². The predicted octanol–water partition coefficient (Wildman–Crippen LogP) is 3.80. The van der Waals surface area contributed by atoms with E-state index in [1.165, 1.54) is 0 Å². The van der Waals surface area contributed by atoms with Gasteiger partial charge in [0.25, 0.3) is 0 Å².